The molecule has 2 aromatic heterocycles. The van der Waals surface area contributed by atoms with E-state index in [9.17, 15) is 19.6 Å². The first-order valence-corrected chi connectivity index (χ1v) is 8.07. The maximum Gasteiger partial charge on any atom is 0.469 e. The third-order valence-corrected chi connectivity index (χ3v) is 3.38. The largest absolute Gasteiger partial charge is 0.469 e. The molecule has 0 radical (unpaired) electrons. The predicted molar refractivity (Wildman–Crippen MR) is 78.6 cm³/mol. The molecule has 7 N–H and O–H groups in total. The van der Waals surface area contributed by atoms with Crippen molar-refractivity contribution in [1.82, 2.24) is 19.5 Å². The molecule has 0 bridgehead atoms. The average molecular weight is 365 g/mol. The van der Waals surface area contributed by atoms with Crippen LogP contribution >= 0.6 is 7.82 Å². The van der Waals surface area contributed by atoms with Crippen molar-refractivity contribution in [2.45, 2.75) is 12.3 Å². The van der Waals surface area contributed by atoms with Crippen molar-refractivity contribution in [1.29, 1.82) is 0 Å². The normalized spacial score (nSPS) is 14.8. The molecular formula is C10H16N5O8P. The molecule has 14 heteroatoms. The first kappa shape index (κ1) is 18.5. The monoisotopic (exact) mass is 365 g/mol. The van der Waals surface area contributed by atoms with E-state index in [2.05, 4.69) is 19.5 Å². The van der Waals surface area contributed by atoms with E-state index >= 15 is 0 Å². The zero-order valence-corrected chi connectivity index (χ0v) is 13.0. The van der Waals surface area contributed by atoms with Crippen LogP contribution in [0.5, 0.6) is 0 Å². The summed E-state index contributed by atoms with van der Waals surface area (Å²) in [6, 6.07) is 0. The molecule has 2 unspecified atom stereocenters. The summed E-state index contributed by atoms with van der Waals surface area (Å²) in [6.45, 7) is -1.87. The van der Waals surface area contributed by atoms with E-state index in [4.69, 9.17) is 20.3 Å². The lowest BCUT2D eigenvalue weighted by atomic mass is 10.4. The second-order valence-corrected chi connectivity index (χ2v) is 5.88. The summed E-state index contributed by atoms with van der Waals surface area (Å²) in [7, 11) is -4.74. The van der Waals surface area contributed by atoms with E-state index in [1.54, 1.807) is 0 Å². The van der Waals surface area contributed by atoms with Crippen molar-refractivity contribution in [3.05, 3.63) is 16.7 Å². The van der Waals surface area contributed by atoms with Crippen LogP contribution in [0.4, 0.5) is 5.95 Å². The van der Waals surface area contributed by atoms with Crippen LogP contribution in [-0.4, -0.2) is 65.4 Å². The van der Waals surface area contributed by atoms with Gasteiger partial charge in [0.05, 0.1) is 26.1 Å². The number of ether oxygens (including phenoxy) is 1. The number of imidazole rings is 1. The highest BCUT2D eigenvalue weighted by Crippen LogP contribution is 2.36. The fraction of sp³-hybridized carbons (Fsp3) is 0.500. The third-order valence-electron chi connectivity index (χ3n) is 2.90. The minimum atomic E-state index is -4.74. The number of hydrogen-bond acceptors (Lipinski definition) is 9. The van der Waals surface area contributed by atoms with Crippen molar-refractivity contribution in [2.24, 2.45) is 0 Å². The predicted octanol–water partition coefficient (Wildman–Crippen LogP) is -2.32. The van der Waals surface area contributed by atoms with E-state index in [0.717, 1.165) is 0 Å². The van der Waals surface area contributed by atoms with Crippen LogP contribution in [0.15, 0.2) is 11.1 Å². The number of nitrogen functional groups attached to an aromatic ring is 1. The summed E-state index contributed by atoms with van der Waals surface area (Å²) in [4.78, 5) is 39.0. The molecule has 134 valence electrons. The SMILES string of the molecule is Nc1nc2c(ncn2C(CO)OC(CO)COP(=O)(O)O)c(=O)[nH]1. The number of aliphatic hydroxyl groups is 2. The molecule has 2 atom stereocenters. The van der Waals surface area contributed by atoms with Gasteiger partial charge in [0.15, 0.2) is 17.4 Å². The number of phosphoric acid groups is 1. The molecule has 2 rings (SSSR count). The number of aliphatic hydroxyl groups excluding tert-OH is 2. The van der Waals surface area contributed by atoms with Gasteiger partial charge in [-0.1, -0.05) is 0 Å². The van der Waals surface area contributed by atoms with Crippen LogP contribution in [0, 0.1) is 0 Å². The number of nitrogens with two attached hydrogens (primary N) is 1. The zero-order chi connectivity index (χ0) is 17.9. The van der Waals surface area contributed by atoms with Gasteiger partial charge in [-0.2, -0.15) is 4.98 Å². The highest BCUT2D eigenvalue weighted by Gasteiger charge is 2.24. The number of phosphoric ester groups is 1. The van der Waals surface area contributed by atoms with Crippen LogP contribution in [0.3, 0.4) is 0 Å². The Morgan fingerprint density at radius 2 is 2.08 bits per heavy atom. The number of aromatic nitrogens is 4. The standard InChI is InChI=1S/C10H16N5O8P/c11-10-13-8-7(9(18)14-10)12-4-15(8)6(2-17)23-5(1-16)3-22-24(19,20)21/h4-6,16-17H,1-3H2,(H2,19,20,21)(H3,11,13,14,18). The Morgan fingerprint density at radius 1 is 1.38 bits per heavy atom. The van der Waals surface area contributed by atoms with Crippen LogP contribution < -0.4 is 11.3 Å². The molecular weight excluding hydrogens is 349 g/mol. The first-order valence-electron chi connectivity index (χ1n) is 6.54. The molecule has 0 spiro atoms. The van der Waals surface area contributed by atoms with Gasteiger partial charge in [-0.3, -0.25) is 18.9 Å². The number of nitrogens with one attached hydrogen (secondary N) is 1. The van der Waals surface area contributed by atoms with E-state index in [1.807, 2.05) is 0 Å². The Bertz CT molecular complexity index is 800. The molecule has 0 aliphatic carbocycles. The van der Waals surface area contributed by atoms with Crippen LogP contribution in [0.25, 0.3) is 11.2 Å². The number of nitrogens with zero attached hydrogens (tertiary/aromatic N) is 3. The molecule has 0 aromatic carbocycles. The van der Waals surface area contributed by atoms with Crippen molar-refractivity contribution in [3.8, 4) is 0 Å². The Morgan fingerprint density at radius 3 is 2.67 bits per heavy atom. The van der Waals surface area contributed by atoms with Gasteiger partial charge < -0.3 is 30.5 Å². The van der Waals surface area contributed by atoms with E-state index < -0.39 is 45.5 Å². The maximum absolute atomic E-state index is 11.7. The van der Waals surface area contributed by atoms with Gasteiger partial charge in [-0.05, 0) is 0 Å². The van der Waals surface area contributed by atoms with Gasteiger partial charge in [0, 0.05) is 0 Å². The summed E-state index contributed by atoms with van der Waals surface area (Å²) >= 11 is 0. The number of hydrogen-bond donors (Lipinski definition) is 6. The summed E-state index contributed by atoms with van der Waals surface area (Å²) in [6.07, 6.45) is -1.14. The average Bonchev–Trinajstić information content (AvgIpc) is 2.90. The molecule has 0 fully saturated rings. The topological polar surface area (TPSA) is 206 Å². The highest BCUT2D eigenvalue weighted by molar-refractivity contribution is 7.46. The van der Waals surface area contributed by atoms with Crippen molar-refractivity contribution >= 4 is 24.9 Å². The third kappa shape index (κ3) is 4.36. The fourth-order valence-electron chi connectivity index (χ4n) is 1.89. The van der Waals surface area contributed by atoms with Gasteiger partial charge in [-0.15, -0.1) is 0 Å². The molecule has 0 aliphatic heterocycles. The van der Waals surface area contributed by atoms with Crippen LogP contribution in [0.2, 0.25) is 0 Å². The van der Waals surface area contributed by atoms with Crippen LogP contribution in [0.1, 0.15) is 6.23 Å². The van der Waals surface area contributed by atoms with Gasteiger partial charge in [0.25, 0.3) is 5.56 Å². The quantitative estimate of drug-likeness (QED) is 0.274. The minimum Gasteiger partial charge on any atom is -0.394 e. The number of anilines is 1. The number of aromatic amines is 1. The molecule has 0 saturated carbocycles. The minimum absolute atomic E-state index is 0.0305. The number of rotatable bonds is 8. The molecule has 0 amide bonds. The maximum atomic E-state index is 11.7. The molecule has 0 saturated heterocycles. The Hall–Kier alpha value is -1.86. The van der Waals surface area contributed by atoms with Crippen molar-refractivity contribution in [2.75, 3.05) is 25.6 Å². The lowest BCUT2D eigenvalue weighted by Gasteiger charge is -2.23. The molecule has 2 heterocycles. The lowest BCUT2D eigenvalue weighted by Crippen LogP contribution is -2.29. The Balaban J connectivity index is 2.25. The number of H-pyrrole nitrogens is 1. The Kier molecular flexibility index (Phi) is 5.66. The molecule has 0 aliphatic rings. The van der Waals surface area contributed by atoms with Gasteiger partial charge in [0.1, 0.15) is 6.10 Å². The second kappa shape index (κ2) is 7.36. The van der Waals surface area contributed by atoms with Gasteiger partial charge in [-0.25, -0.2) is 9.55 Å². The summed E-state index contributed by atoms with van der Waals surface area (Å²) in [5.41, 5.74) is 4.86. The Labute approximate surface area is 133 Å². The molecule has 13 nitrogen and oxygen atoms in total. The summed E-state index contributed by atoms with van der Waals surface area (Å²) in [5, 5.41) is 18.7. The van der Waals surface area contributed by atoms with E-state index in [1.165, 1.54) is 10.9 Å². The summed E-state index contributed by atoms with van der Waals surface area (Å²) < 4.78 is 21.5. The molecule has 2 aromatic rings. The molecule has 24 heavy (non-hydrogen) atoms. The van der Waals surface area contributed by atoms with E-state index in [-0.39, 0.29) is 17.1 Å². The fourth-order valence-corrected chi connectivity index (χ4v) is 2.25. The van der Waals surface area contributed by atoms with Crippen molar-refractivity contribution < 1.29 is 33.8 Å². The number of fused-ring (bicyclic) bond motifs is 1. The van der Waals surface area contributed by atoms with E-state index in [0.29, 0.717) is 0 Å². The van der Waals surface area contributed by atoms with Crippen molar-refractivity contribution in [3.63, 3.8) is 0 Å². The lowest BCUT2D eigenvalue weighted by molar-refractivity contribution is -0.109. The van der Waals surface area contributed by atoms with Crippen LogP contribution in [-0.2, 0) is 13.8 Å². The second-order valence-electron chi connectivity index (χ2n) is 4.64. The zero-order valence-electron chi connectivity index (χ0n) is 12.1. The van der Waals surface area contributed by atoms with Gasteiger partial charge >= 0.3 is 7.82 Å². The first-order chi connectivity index (χ1) is 11.2. The summed E-state index contributed by atoms with van der Waals surface area (Å²) in [5.74, 6) is -0.172. The highest BCUT2D eigenvalue weighted by atomic mass is 31.2. The smallest absolute Gasteiger partial charge is 0.394 e. The van der Waals surface area contributed by atoms with Gasteiger partial charge in [0.2, 0.25) is 5.95 Å².